The van der Waals surface area contributed by atoms with Gasteiger partial charge in [0.05, 0.1) is 38.9 Å². The Morgan fingerprint density at radius 3 is 2.46 bits per heavy atom. The molecular formula is C28H29N5O3S. The minimum Gasteiger partial charge on any atom is -0.381 e. The van der Waals surface area contributed by atoms with E-state index in [-0.39, 0.29) is 6.04 Å². The van der Waals surface area contributed by atoms with E-state index in [1.165, 1.54) is 11.8 Å². The van der Waals surface area contributed by atoms with Gasteiger partial charge in [-0.25, -0.2) is 13.1 Å². The van der Waals surface area contributed by atoms with Gasteiger partial charge in [0, 0.05) is 43.7 Å². The Labute approximate surface area is 215 Å². The van der Waals surface area contributed by atoms with E-state index >= 15 is 0 Å². The highest BCUT2D eigenvalue weighted by molar-refractivity contribution is 7.90. The van der Waals surface area contributed by atoms with Crippen LogP contribution in [0.3, 0.4) is 0 Å². The second-order valence-electron chi connectivity index (χ2n) is 9.87. The summed E-state index contributed by atoms with van der Waals surface area (Å²) in [7, 11) is -1.51. The number of aryl methyl sites for hydroxylation is 2. The maximum Gasteiger partial charge on any atom is 0.175 e. The van der Waals surface area contributed by atoms with Gasteiger partial charge in [0.15, 0.2) is 9.84 Å². The lowest BCUT2D eigenvalue weighted by molar-refractivity contribution is 0.0553. The van der Waals surface area contributed by atoms with Gasteiger partial charge in [0.2, 0.25) is 0 Å². The Hall–Kier alpha value is -3.56. The Morgan fingerprint density at radius 2 is 1.78 bits per heavy atom. The summed E-state index contributed by atoms with van der Waals surface area (Å²) in [6, 6.07) is 18.0. The summed E-state index contributed by atoms with van der Waals surface area (Å²) < 4.78 is 34.9. The zero-order chi connectivity index (χ0) is 25.7. The fourth-order valence-electron chi connectivity index (χ4n) is 5.71. The zero-order valence-corrected chi connectivity index (χ0v) is 21.9. The number of hydrogen-bond donors (Lipinski definition) is 0. The van der Waals surface area contributed by atoms with Crippen LogP contribution in [0, 0.1) is 12.8 Å². The molecule has 1 saturated heterocycles. The number of ether oxygens (including phenoxy) is 1. The van der Waals surface area contributed by atoms with Crippen molar-refractivity contribution >= 4 is 31.8 Å². The first-order chi connectivity index (χ1) is 17.8. The van der Waals surface area contributed by atoms with E-state index in [1.54, 1.807) is 16.8 Å². The van der Waals surface area contributed by atoms with E-state index in [4.69, 9.17) is 9.72 Å². The number of rotatable bonds is 5. The van der Waals surface area contributed by atoms with Crippen molar-refractivity contribution in [2.45, 2.75) is 30.7 Å². The van der Waals surface area contributed by atoms with Gasteiger partial charge in [-0.3, -0.25) is 4.98 Å². The number of nitrogens with zero attached hydrogens (tertiary/aromatic N) is 5. The molecule has 4 heterocycles. The highest BCUT2D eigenvalue weighted by Gasteiger charge is 2.30. The predicted octanol–water partition coefficient (Wildman–Crippen LogP) is 4.71. The molecule has 6 rings (SSSR count). The monoisotopic (exact) mass is 515 g/mol. The van der Waals surface area contributed by atoms with Gasteiger partial charge in [-0.1, -0.05) is 35.5 Å². The third-order valence-corrected chi connectivity index (χ3v) is 8.55. The fourth-order valence-corrected chi connectivity index (χ4v) is 6.36. The summed E-state index contributed by atoms with van der Waals surface area (Å²) in [6.45, 7) is 3.36. The molecule has 0 spiro atoms. The van der Waals surface area contributed by atoms with Crippen LogP contribution in [0.25, 0.3) is 33.2 Å². The largest absolute Gasteiger partial charge is 0.381 e. The SMILES string of the molecule is Cc1nnn(C)c1-c1cnc2c3ccc(S(C)(=O)=O)cc3n(C(c3ccccc3)C3CCOCC3)c2c1. The molecule has 9 heteroatoms. The molecule has 0 amide bonds. The first kappa shape index (κ1) is 23.8. The summed E-state index contributed by atoms with van der Waals surface area (Å²) >= 11 is 0. The molecule has 2 aromatic carbocycles. The van der Waals surface area contributed by atoms with E-state index < -0.39 is 9.84 Å². The van der Waals surface area contributed by atoms with Crippen LogP contribution in [-0.2, 0) is 21.6 Å². The number of pyridine rings is 1. The van der Waals surface area contributed by atoms with Crippen molar-refractivity contribution < 1.29 is 13.2 Å². The third-order valence-electron chi connectivity index (χ3n) is 7.44. The Balaban J connectivity index is 1.71. The molecular weight excluding hydrogens is 486 g/mol. The molecule has 0 bridgehead atoms. The first-order valence-electron chi connectivity index (χ1n) is 12.5. The van der Waals surface area contributed by atoms with E-state index in [1.807, 2.05) is 32.3 Å². The summed E-state index contributed by atoms with van der Waals surface area (Å²) in [5.41, 5.74) is 6.51. The second-order valence-corrected chi connectivity index (χ2v) is 11.9. The minimum absolute atomic E-state index is 0.0114. The van der Waals surface area contributed by atoms with Crippen molar-refractivity contribution in [1.82, 2.24) is 24.5 Å². The van der Waals surface area contributed by atoms with E-state index in [0.717, 1.165) is 51.7 Å². The van der Waals surface area contributed by atoms with Crippen molar-refractivity contribution in [3.05, 3.63) is 72.1 Å². The van der Waals surface area contributed by atoms with Crippen molar-refractivity contribution in [3.8, 4) is 11.3 Å². The molecule has 1 atom stereocenters. The van der Waals surface area contributed by atoms with Crippen LogP contribution >= 0.6 is 0 Å². The Morgan fingerprint density at radius 1 is 1.03 bits per heavy atom. The average Bonchev–Trinajstić information content (AvgIpc) is 3.40. The minimum atomic E-state index is -3.39. The standard InChI is InChI=1S/C28H29N5O3S/c1-18-27(32(2)31-30-18)21-15-25-26(29-17-21)23-10-9-22(37(3,34)35)16-24(23)33(25)28(19-7-5-4-6-8-19)20-11-13-36-14-12-20/h4-10,15-17,20,28H,11-14H2,1-3H3. The van der Waals surface area contributed by atoms with Gasteiger partial charge >= 0.3 is 0 Å². The van der Waals surface area contributed by atoms with Crippen molar-refractivity contribution in [3.63, 3.8) is 0 Å². The highest BCUT2D eigenvalue weighted by atomic mass is 32.2. The van der Waals surface area contributed by atoms with Gasteiger partial charge in [-0.15, -0.1) is 5.10 Å². The lowest BCUT2D eigenvalue weighted by Crippen LogP contribution is -2.27. The second kappa shape index (κ2) is 9.08. The fraction of sp³-hybridized carbons (Fsp3) is 0.321. The van der Waals surface area contributed by atoms with Gasteiger partial charge in [-0.05, 0) is 55.5 Å². The van der Waals surface area contributed by atoms with Crippen molar-refractivity contribution in [1.29, 1.82) is 0 Å². The van der Waals surface area contributed by atoms with Gasteiger partial charge < -0.3 is 9.30 Å². The summed E-state index contributed by atoms with van der Waals surface area (Å²) in [6.07, 6.45) is 4.95. The van der Waals surface area contributed by atoms with Crippen LogP contribution in [0.4, 0.5) is 0 Å². The number of hydrogen-bond acceptors (Lipinski definition) is 6. The Bertz CT molecular complexity index is 1700. The first-order valence-corrected chi connectivity index (χ1v) is 14.3. The predicted molar refractivity (Wildman–Crippen MR) is 143 cm³/mol. The maximum atomic E-state index is 12.6. The lowest BCUT2D eigenvalue weighted by atomic mass is 9.86. The average molecular weight is 516 g/mol. The molecule has 1 unspecified atom stereocenters. The number of sulfone groups is 1. The molecule has 8 nitrogen and oxygen atoms in total. The normalized spacial score (nSPS) is 16.0. The molecule has 190 valence electrons. The zero-order valence-electron chi connectivity index (χ0n) is 21.1. The molecule has 37 heavy (non-hydrogen) atoms. The molecule has 0 saturated carbocycles. The van der Waals surface area contributed by atoms with Crippen molar-refractivity contribution in [2.24, 2.45) is 13.0 Å². The van der Waals surface area contributed by atoms with Gasteiger partial charge in [0.25, 0.3) is 0 Å². The molecule has 0 N–H and O–H groups in total. The topological polar surface area (TPSA) is 91.9 Å². The summed E-state index contributed by atoms with van der Waals surface area (Å²) in [5, 5.41) is 9.35. The quantitative estimate of drug-likeness (QED) is 0.337. The van der Waals surface area contributed by atoms with Crippen LogP contribution in [-0.4, -0.2) is 52.4 Å². The number of benzene rings is 2. The van der Waals surface area contributed by atoms with Crippen LogP contribution in [0.15, 0.2) is 65.7 Å². The smallest absolute Gasteiger partial charge is 0.175 e. The van der Waals surface area contributed by atoms with E-state index in [2.05, 4.69) is 45.2 Å². The molecule has 3 aromatic heterocycles. The molecule has 1 aliphatic heterocycles. The van der Waals surface area contributed by atoms with Crippen molar-refractivity contribution in [2.75, 3.05) is 19.5 Å². The highest BCUT2D eigenvalue weighted by Crippen LogP contribution is 2.41. The van der Waals surface area contributed by atoms with Crippen LogP contribution in [0.5, 0.6) is 0 Å². The molecule has 1 aliphatic rings. The molecule has 1 fully saturated rings. The van der Waals surface area contributed by atoms with Gasteiger partial charge in [-0.2, -0.15) is 0 Å². The third kappa shape index (κ3) is 4.12. The van der Waals surface area contributed by atoms with Gasteiger partial charge in [0.1, 0.15) is 0 Å². The number of fused-ring (bicyclic) bond motifs is 3. The molecule has 5 aromatic rings. The van der Waals surface area contributed by atoms with E-state index in [0.29, 0.717) is 24.0 Å². The Kier molecular flexibility index (Phi) is 5.84. The van der Waals surface area contributed by atoms with Crippen LogP contribution in [0.1, 0.15) is 30.1 Å². The maximum absolute atomic E-state index is 12.6. The van der Waals surface area contributed by atoms with Crippen LogP contribution in [0.2, 0.25) is 0 Å². The summed E-state index contributed by atoms with van der Waals surface area (Å²) in [5.74, 6) is 0.320. The van der Waals surface area contributed by atoms with Crippen LogP contribution < -0.4 is 0 Å². The van der Waals surface area contributed by atoms with E-state index in [9.17, 15) is 8.42 Å². The molecule has 0 radical (unpaired) electrons. The molecule has 0 aliphatic carbocycles. The number of aromatic nitrogens is 5. The summed E-state index contributed by atoms with van der Waals surface area (Å²) in [4.78, 5) is 5.22. The lowest BCUT2D eigenvalue weighted by Gasteiger charge is -2.33.